The van der Waals surface area contributed by atoms with E-state index in [1.807, 2.05) is 6.92 Å². The maximum atomic E-state index is 10.6. The van der Waals surface area contributed by atoms with Crippen molar-refractivity contribution in [1.29, 1.82) is 0 Å². The molecule has 0 spiro atoms. The minimum absolute atomic E-state index is 0.0515. The molecule has 0 aromatic heterocycles. The third-order valence-corrected chi connectivity index (χ3v) is 2.61. The number of hydrogen-bond donors (Lipinski definition) is 1. The number of rotatable bonds is 5. The quantitative estimate of drug-likeness (QED) is 0.630. The van der Waals surface area contributed by atoms with E-state index in [1.54, 1.807) is 6.07 Å². The molecule has 4 nitrogen and oxygen atoms in total. The van der Waals surface area contributed by atoms with Crippen molar-refractivity contribution in [3.63, 3.8) is 0 Å². The lowest BCUT2D eigenvalue weighted by molar-refractivity contribution is -0.384. The Morgan fingerprint density at radius 3 is 2.81 bits per heavy atom. The molecule has 0 aliphatic carbocycles. The van der Waals surface area contributed by atoms with Gasteiger partial charge in [-0.3, -0.25) is 10.1 Å². The zero-order chi connectivity index (χ0) is 12.1. The molecule has 0 radical (unpaired) electrons. The van der Waals surface area contributed by atoms with Crippen LogP contribution < -0.4 is 5.32 Å². The third kappa shape index (κ3) is 3.38. The standard InChI is InChI=1S/C11H15ClN2O2/c1-3-4-8(2)13-11-7-9(14(15)16)5-6-10(11)12/h5-8,13H,3-4H2,1-2H3. The minimum atomic E-state index is -0.425. The second kappa shape index (κ2) is 5.70. The molecule has 88 valence electrons. The molecule has 0 fully saturated rings. The molecule has 0 amide bonds. The molecule has 0 aliphatic rings. The molecule has 1 aromatic carbocycles. The van der Waals surface area contributed by atoms with Crippen molar-refractivity contribution >= 4 is 23.0 Å². The van der Waals surface area contributed by atoms with Gasteiger partial charge in [-0.2, -0.15) is 0 Å². The van der Waals surface area contributed by atoms with E-state index >= 15 is 0 Å². The van der Waals surface area contributed by atoms with Crippen LogP contribution >= 0.6 is 11.6 Å². The van der Waals surface area contributed by atoms with E-state index in [4.69, 9.17) is 11.6 Å². The number of hydrogen-bond acceptors (Lipinski definition) is 3. The number of nitro groups is 1. The SMILES string of the molecule is CCCC(C)Nc1cc([N+](=O)[O-])ccc1Cl. The van der Waals surface area contributed by atoms with Crippen LogP contribution in [0.5, 0.6) is 0 Å². The van der Waals surface area contributed by atoms with Gasteiger partial charge in [-0.25, -0.2) is 0 Å². The molecule has 1 aromatic rings. The molecule has 0 saturated carbocycles. The van der Waals surface area contributed by atoms with Crippen LogP contribution in [0.25, 0.3) is 0 Å². The van der Waals surface area contributed by atoms with Gasteiger partial charge in [0.1, 0.15) is 0 Å². The van der Waals surface area contributed by atoms with Crippen molar-refractivity contribution in [1.82, 2.24) is 0 Å². The molecule has 1 rings (SSSR count). The molecule has 1 unspecified atom stereocenters. The fourth-order valence-corrected chi connectivity index (χ4v) is 1.68. The van der Waals surface area contributed by atoms with E-state index in [2.05, 4.69) is 12.2 Å². The molecule has 5 heteroatoms. The van der Waals surface area contributed by atoms with Crippen LogP contribution in [0.1, 0.15) is 26.7 Å². The molecule has 0 saturated heterocycles. The Hall–Kier alpha value is -1.29. The summed E-state index contributed by atoms with van der Waals surface area (Å²) in [6, 6.07) is 4.66. The van der Waals surface area contributed by atoms with Gasteiger partial charge in [-0.15, -0.1) is 0 Å². The number of non-ortho nitro benzene ring substituents is 1. The molecule has 1 atom stereocenters. The number of halogens is 1. The van der Waals surface area contributed by atoms with Gasteiger partial charge in [0, 0.05) is 18.2 Å². The highest BCUT2D eigenvalue weighted by atomic mass is 35.5. The van der Waals surface area contributed by atoms with Crippen LogP contribution in [0.4, 0.5) is 11.4 Å². The topological polar surface area (TPSA) is 55.2 Å². The predicted octanol–water partition coefficient (Wildman–Crippen LogP) is 3.85. The van der Waals surface area contributed by atoms with Gasteiger partial charge in [-0.1, -0.05) is 24.9 Å². The lowest BCUT2D eigenvalue weighted by Gasteiger charge is -2.15. The first-order valence-electron chi connectivity index (χ1n) is 5.25. The van der Waals surface area contributed by atoms with Crippen molar-refractivity contribution in [3.8, 4) is 0 Å². The number of anilines is 1. The summed E-state index contributed by atoms with van der Waals surface area (Å²) in [5, 5.41) is 14.3. The van der Waals surface area contributed by atoms with E-state index < -0.39 is 4.92 Å². The van der Waals surface area contributed by atoms with Gasteiger partial charge in [0.25, 0.3) is 5.69 Å². The first kappa shape index (κ1) is 12.8. The highest BCUT2D eigenvalue weighted by Crippen LogP contribution is 2.27. The Morgan fingerprint density at radius 2 is 2.25 bits per heavy atom. The molecular formula is C11H15ClN2O2. The Kier molecular flexibility index (Phi) is 4.55. The van der Waals surface area contributed by atoms with Crippen LogP contribution in [-0.4, -0.2) is 11.0 Å². The summed E-state index contributed by atoms with van der Waals surface area (Å²) >= 11 is 5.96. The molecule has 1 N–H and O–H groups in total. The van der Waals surface area contributed by atoms with E-state index in [9.17, 15) is 10.1 Å². The van der Waals surface area contributed by atoms with Crippen LogP contribution in [-0.2, 0) is 0 Å². The summed E-state index contributed by atoms with van der Waals surface area (Å²) in [5.41, 5.74) is 0.674. The van der Waals surface area contributed by atoms with Crippen molar-refractivity contribution in [3.05, 3.63) is 33.3 Å². The minimum Gasteiger partial charge on any atom is -0.381 e. The lowest BCUT2D eigenvalue weighted by Crippen LogP contribution is -2.14. The molecular weight excluding hydrogens is 228 g/mol. The summed E-state index contributed by atoms with van der Waals surface area (Å²) in [4.78, 5) is 10.2. The summed E-state index contributed by atoms with van der Waals surface area (Å²) < 4.78 is 0. The highest BCUT2D eigenvalue weighted by Gasteiger charge is 2.11. The second-order valence-corrected chi connectivity index (χ2v) is 4.16. The van der Waals surface area contributed by atoms with Crippen LogP contribution in [0.15, 0.2) is 18.2 Å². The van der Waals surface area contributed by atoms with E-state index in [0.717, 1.165) is 12.8 Å². The average Bonchev–Trinajstić information content (AvgIpc) is 2.21. The van der Waals surface area contributed by atoms with Crippen LogP contribution in [0.2, 0.25) is 5.02 Å². The molecule has 0 bridgehead atoms. The lowest BCUT2D eigenvalue weighted by atomic mass is 10.2. The van der Waals surface area contributed by atoms with Crippen molar-refractivity contribution < 1.29 is 4.92 Å². The van der Waals surface area contributed by atoms with Gasteiger partial charge in [0.05, 0.1) is 15.6 Å². The fraction of sp³-hybridized carbons (Fsp3) is 0.455. The fourth-order valence-electron chi connectivity index (χ4n) is 1.51. The first-order valence-corrected chi connectivity index (χ1v) is 5.63. The van der Waals surface area contributed by atoms with Crippen LogP contribution in [0.3, 0.4) is 0 Å². The number of nitro benzene ring substituents is 1. The number of benzene rings is 1. The van der Waals surface area contributed by atoms with Crippen molar-refractivity contribution in [2.45, 2.75) is 32.7 Å². The highest BCUT2D eigenvalue weighted by molar-refractivity contribution is 6.33. The average molecular weight is 243 g/mol. The summed E-state index contributed by atoms with van der Waals surface area (Å²) in [5.74, 6) is 0. The summed E-state index contributed by atoms with van der Waals surface area (Å²) in [6.07, 6.45) is 2.06. The third-order valence-electron chi connectivity index (χ3n) is 2.28. The van der Waals surface area contributed by atoms with Gasteiger partial charge in [0.15, 0.2) is 0 Å². The summed E-state index contributed by atoms with van der Waals surface area (Å²) in [7, 11) is 0. The van der Waals surface area contributed by atoms with E-state index in [-0.39, 0.29) is 11.7 Å². The number of nitrogens with one attached hydrogen (secondary N) is 1. The maximum absolute atomic E-state index is 10.6. The summed E-state index contributed by atoms with van der Waals surface area (Å²) in [6.45, 7) is 4.12. The monoisotopic (exact) mass is 242 g/mol. The Balaban J connectivity index is 2.85. The van der Waals surface area contributed by atoms with Crippen molar-refractivity contribution in [2.75, 3.05) is 5.32 Å². The van der Waals surface area contributed by atoms with Gasteiger partial charge >= 0.3 is 0 Å². The zero-order valence-electron chi connectivity index (χ0n) is 9.37. The van der Waals surface area contributed by atoms with E-state index in [1.165, 1.54) is 12.1 Å². The van der Waals surface area contributed by atoms with Gasteiger partial charge in [-0.05, 0) is 19.4 Å². The first-order chi connectivity index (χ1) is 7.54. The zero-order valence-corrected chi connectivity index (χ0v) is 10.1. The van der Waals surface area contributed by atoms with Crippen LogP contribution in [0, 0.1) is 10.1 Å². The second-order valence-electron chi connectivity index (χ2n) is 3.76. The Labute approximate surface area is 99.8 Å². The molecule has 0 aliphatic heterocycles. The maximum Gasteiger partial charge on any atom is 0.271 e. The van der Waals surface area contributed by atoms with Gasteiger partial charge < -0.3 is 5.32 Å². The predicted molar refractivity (Wildman–Crippen MR) is 66.1 cm³/mol. The number of nitrogens with zero attached hydrogens (tertiary/aromatic N) is 1. The molecule has 0 heterocycles. The molecule has 16 heavy (non-hydrogen) atoms. The van der Waals surface area contributed by atoms with E-state index in [0.29, 0.717) is 10.7 Å². The largest absolute Gasteiger partial charge is 0.381 e. The smallest absolute Gasteiger partial charge is 0.271 e. The van der Waals surface area contributed by atoms with Crippen molar-refractivity contribution in [2.24, 2.45) is 0 Å². The normalized spacial score (nSPS) is 12.2. The van der Waals surface area contributed by atoms with Gasteiger partial charge in [0.2, 0.25) is 0 Å². The Bertz CT molecular complexity index is 382. The Morgan fingerprint density at radius 1 is 1.56 bits per heavy atom.